The number of aromatic nitrogens is 1. The van der Waals surface area contributed by atoms with Crippen molar-refractivity contribution in [1.29, 1.82) is 0 Å². The molecule has 2 rings (SSSR count). The summed E-state index contributed by atoms with van der Waals surface area (Å²) in [7, 11) is 0. The number of nitrogens with one attached hydrogen (secondary N) is 1. The highest BCUT2D eigenvalue weighted by Crippen LogP contribution is 2.15. The van der Waals surface area contributed by atoms with Crippen LogP contribution >= 0.6 is 0 Å². The highest BCUT2D eigenvalue weighted by molar-refractivity contribution is 6.05. The number of nitrogen functional groups attached to an aromatic ring is 1. The zero-order valence-electron chi connectivity index (χ0n) is 8.85. The molecule has 0 aliphatic rings. The number of hydrogen-bond donors (Lipinski definition) is 2. The molecule has 0 atom stereocenters. The minimum absolute atomic E-state index is 0.0439. The van der Waals surface area contributed by atoms with E-state index in [-0.39, 0.29) is 11.4 Å². The van der Waals surface area contributed by atoms with Gasteiger partial charge in [0.05, 0.1) is 11.3 Å². The number of nitrogens with zero attached hydrogens (tertiary/aromatic N) is 1. The molecule has 1 heterocycles. The highest BCUT2D eigenvalue weighted by Gasteiger charge is 2.12. The summed E-state index contributed by atoms with van der Waals surface area (Å²) in [4.78, 5) is 15.6. The Kier molecular flexibility index (Phi) is 3.00. The van der Waals surface area contributed by atoms with Gasteiger partial charge in [-0.2, -0.15) is 0 Å². The maximum absolute atomic E-state index is 13.3. The van der Waals surface area contributed by atoms with Gasteiger partial charge < -0.3 is 11.1 Å². The van der Waals surface area contributed by atoms with Gasteiger partial charge in [-0.25, -0.2) is 9.37 Å². The quantitative estimate of drug-likeness (QED) is 0.831. The summed E-state index contributed by atoms with van der Waals surface area (Å²) in [5.74, 6) is -0.936. The van der Waals surface area contributed by atoms with E-state index in [0.717, 1.165) is 0 Å². The van der Waals surface area contributed by atoms with Crippen molar-refractivity contribution < 1.29 is 9.18 Å². The van der Waals surface area contributed by atoms with Gasteiger partial charge in [-0.3, -0.25) is 4.79 Å². The first-order valence-corrected chi connectivity index (χ1v) is 4.95. The molecule has 0 unspecified atom stereocenters. The van der Waals surface area contributed by atoms with Gasteiger partial charge in [0.2, 0.25) is 0 Å². The number of nitrogens with two attached hydrogens (primary N) is 1. The fraction of sp³-hybridized carbons (Fsp3) is 0. The zero-order valence-corrected chi connectivity index (χ0v) is 8.85. The topological polar surface area (TPSA) is 68.0 Å². The molecule has 0 aliphatic carbocycles. The Morgan fingerprint density at radius 1 is 1.24 bits per heavy atom. The van der Waals surface area contributed by atoms with E-state index in [2.05, 4.69) is 10.3 Å². The van der Waals surface area contributed by atoms with Crippen molar-refractivity contribution in [2.24, 2.45) is 0 Å². The third-order valence-electron chi connectivity index (χ3n) is 2.19. The summed E-state index contributed by atoms with van der Waals surface area (Å²) in [5, 5.41) is 2.45. The number of pyridine rings is 1. The molecule has 1 aromatic heterocycles. The van der Waals surface area contributed by atoms with Crippen molar-refractivity contribution in [3.8, 4) is 0 Å². The van der Waals surface area contributed by atoms with Gasteiger partial charge in [-0.05, 0) is 24.3 Å². The average Bonchev–Trinajstić information content (AvgIpc) is 2.32. The molecule has 2 aromatic rings. The van der Waals surface area contributed by atoms with E-state index >= 15 is 0 Å². The Bertz CT molecular complexity index is 557. The molecular weight excluding hydrogens is 221 g/mol. The van der Waals surface area contributed by atoms with Gasteiger partial charge in [0, 0.05) is 6.20 Å². The number of carbonyl (C=O) groups excluding carboxylic acids is 1. The summed E-state index contributed by atoms with van der Waals surface area (Å²) in [6, 6.07) is 8.96. The Labute approximate surface area is 97.3 Å². The molecule has 0 spiro atoms. The molecule has 17 heavy (non-hydrogen) atoms. The van der Waals surface area contributed by atoms with Crippen LogP contribution in [0.2, 0.25) is 0 Å². The normalized spacial score (nSPS) is 9.94. The number of benzene rings is 1. The maximum atomic E-state index is 13.3. The lowest BCUT2D eigenvalue weighted by atomic mass is 10.2. The fourth-order valence-electron chi connectivity index (χ4n) is 1.34. The number of hydrogen-bond acceptors (Lipinski definition) is 3. The van der Waals surface area contributed by atoms with Gasteiger partial charge in [-0.15, -0.1) is 0 Å². The molecule has 0 saturated carbocycles. The predicted molar refractivity (Wildman–Crippen MR) is 63.0 cm³/mol. The monoisotopic (exact) mass is 231 g/mol. The SMILES string of the molecule is Nc1cccnc1NC(=O)c1ccccc1F. The van der Waals surface area contributed by atoms with Crippen LogP contribution in [0.5, 0.6) is 0 Å². The number of halogens is 1. The van der Waals surface area contributed by atoms with Crippen molar-refractivity contribution in [3.05, 3.63) is 54.0 Å². The van der Waals surface area contributed by atoms with Crippen LogP contribution in [0.3, 0.4) is 0 Å². The second-order valence-corrected chi connectivity index (χ2v) is 3.38. The van der Waals surface area contributed by atoms with Crippen molar-refractivity contribution in [2.75, 3.05) is 11.1 Å². The minimum Gasteiger partial charge on any atom is -0.396 e. The van der Waals surface area contributed by atoms with E-state index in [1.165, 1.54) is 24.4 Å². The van der Waals surface area contributed by atoms with Gasteiger partial charge >= 0.3 is 0 Å². The summed E-state index contributed by atoms with van der Waals surface area (Å²) in [5.41, 5.74) is 5.90. The minimum atomic E-state index is -0.584. The second-order valence-electron chi connectivity index (χ2n) is 3.38. The van der Waals surface area contributed by atoms with Crippen LogP contribution in [0.25, 0.3) is 0 Å². The average molecular weight is 231 g/mol. The standard InChI is InChI=1S/C12H10FN3O/c13-9-5-2-1-4-8(9)12(17)16-11-10(14)6-3-7-15-11/h1-7H,14H2,(H,15,16,17). The van der Waals surface area contributed by atoms with Gasteiger partial charge in [0.1, 0.15) is 5.82 Å². The summed E-state index contributed by atoms with van der Waals surface area (Å²) >= 11 is 0. The first-order valence-electron chi connectivity index (χ1n) is 4.95. The van der Waals surface area contributed by atoms with E-state index in [0.29, 0.717) is 5.69 Å². The molecule has 1 amide bonds. The first-order chi connectivity index (χ1) is 8.18. The molecule has 0 fully saturated rings. The van der Waals surface area contributed by atoms with Crippen molar-refractivity contribution >= 4 is 17.4 Å². The van der Waals surface area contributed by atoms with Crippen LogP contribution in [0, 0.1) is 5.82 Å². The largest absolute Gasteiger partial charge is 0.396 e. The zero-order chi connectivity index (χ0) is 12.3. The Morgan fingerprint density at radius 3 is 2.71 bits per heavy atom. The smallest absolute Gasteiger partial charge is 0.259 e. The lowest BCUT2D eigenvalue weighted by molar-refractivity contribution is 0.102. The Balaban J connectivity index is 2.24. The van der Waals surface area contributed by atoms with Gasteiger partial charge in [0.25, 0.3) is 5.91 Å². The van der Waals surface area contributed by atoms with E-state index < -0.39 is 11.7 Å². The third kappa shape index (κ3) is 2.39. The van der Waals surface area contributed by atoms with Crippen LogP contribution in [0.15, 0.2) is 42.6 Å². The number of rotatable bonds is 2. The fourth-order valence-corrected chi connectivity index (χ4v) is 1.34. The van der Waals surface area contributed by atoms with Crippen LogP contribution in [0.4, 0.5) is 15.9 Å². The molecule has 0 radical (unpaired) electrons. The van der Waals surface area contributed by atoms with Gasteiger partial charge in [-0.1, -0.05) is 12.1 Å². The molecule has 0 saturated heterocycles. The van der Waals surface area contributed by atoms with Crippen LogP contribution in [-0.2, 0) is 0 Å². The van der Waals surface area contributed by atoms with Crippen LogP contribution in [-0.4, -0.2) is 10.9 Å². The van der Waals surface area contributed by atoms with E-state index in [4.69, 9.17) is 5.73 Å². The summed E-state index contributed by atoms with van der Waals surface area (Å²) < 4.78 is 13.3. The Morgan fingerprint density at radius 2 is 2.00 bits per heavy atom. The molecule has 4 nitrogen and oxygen atoms in total. The maximum Gasteiger partial charge on any atom is 0.259 e. The number of amides is 1. The summed E-state index contributed by atoms with van der Waals surface area (Å²) in [6.07, 6.45) is 1.49. The number of carbonyl (C=O) groups is 1. The molecule has 5 heteroatoms. The molecule has 1 aromatic carbocycles. The lowest BCUT2D eigenvalue weighted by Crippen LogP contribution is -2.15. The van der Waals surface area contributed by atoms with Crippen molar-refractivity contribution in [2.45, 2.75) is 0 Å². The van der Waals surface area contributed by atoms with Crippen molar-refractivity contribution in [1.82, 2.24) is 4.98 Å². The van der Waals surface area contributed by atoms with Crippen LogP contribution < -0.4 is 11.1 Å². The van der Waals surface area contributed by atoms with E-state index in [1.807, 2.05) is 0 Å². The summed E-state index contributed by atoms with van der Waals surface area (Å²) in [6.45, 7) is 0. The Hall–Kier alpha value is -2.43. The lowest BCUT2D eigenvalue weighted by Gasteiger charge is -2.06. The molecule has 86 valence electrons. The van der Waals surface area contributed by atoms with E-state index in [9.17, 15) is 9.18 Å². The molecule has 0 bridgehead atoms. The number of anilines is 2. The van der Waals surface area contributed by atoms with Gasteiger partial charge in [0.15, 0.2) is 5.82 Å². The van der Waals surface area contributed by atoms with E-state index in [1.54, 1.807) is 18.2 Å². The molecule has 0 aliphatic heterocycles. The van der Waals surface area contributed by atoms with Crippen LogP contribution in [0.1, 0.15) is 10.4 Å². The predicted octanol–water partition coefficient (Wildman–Crippen LogP) is 2.06. The third-order valence-corrected chi connectivity index (χ3v) is 2.19. The first kappa shape index (κ1) is 11.1. The van der Waals surface area contributed by atoms with Crippen molar-refractivity contribution in [3.63, 3.8) is 0 Å². The highest BCUT2D eigenvalue weighted by atomic mass is 19.1. The molecular formula is C12H10FN3O. The second kappa shape index (κ2) is 4.61. The molecule has 3 N–H and O–H groups in total.